The van der Waals surface area contributed by atoms with Gasteiger partial charge in [-0.3, -0.25) is 9.59 Å². The summed E-state index contributed by atoms with van der Waals surface area (Å²) >= 11 is 0. The normalized spacial score (nSPS) is 18.5. The fraction of sp³-hybridized carbons (Fsp3) is 0.440. The number of carbonyl (C=O) groups excluding carboxylic acids is 2. The monoisotopic (exact) mass is 409 g/mol. The van der Waals surface area contributed by atoms with E-state index in [2.05, 4.69) is 32.9 Å². The molecular formula is C25H31NO4. The molecule has 1 aliphatic heterocycles. The second kappa shape index (κ2) is 8.23. The summed E-state index contributed by atoms with van der Waals surface area (Å²) in [5, 5.41) is 11.1. The molecule has 160 valence electrons. The van der Waals surface area contributed by atoms with E-state index in [1.165, 1.54) is 12.5 Å². The molecule has 1 atom stereocenters. The minimum Gasteiger partial charge on any atom is -0.494 e. The second-order valence-electron chi connectivity index (χ2n) is 9.19. The molecule has 1 amide bonds. The Kier molecular flexibility index (Phi) is 6.04. The first-order valence-electron chi connectivity index (χ1n) is 10.4. The Morgan fingerprint density at radius 3 is 2.40 bits per heavy atom. The van der Waals surface area contributed by atoms with E-state index in [1.54, 1.807) is 11.0 Å². The van der Waals surface area contributed by atoms with E-state index in [4.69, 9.17) is 4.74 Å². The first-order valence-corrected chi connectivity index (χ1v) is 10.4. The summed E-state index contributed by atoms with van der Waals surface area (Å²) in [6.07, 6.45) is 0.394. The van der Waals surface area contributed by atoms with Crippen molar-refractivity contribution in [1.29, 1.82) is 0 Å². The third-order valence-corrected chi connectivity index (χ3v) is 5.51. The topological polar surface area (TPSA) is 66.8 Å². The van der Waals surface area contributed by atoms with Gasteiger partial charge in [0.15, 0.2) is 5.60 Å². The molecule has 5 nitrogen and oxygen atoms in total. The molecule has 0 bridgehead atoms. The van der Waals surface area contributed by atoms with Gasteiger partial charge >= 0.3 is 0 Å². The van der Waals surface area contributed by atoms with Gasteiger partial charge in [-0.05, 0) is 49.4 Å². The maximum atomic E-state index is 13.0. The van der Waals surface area contributed by atoms with Crippen LogP contribution in [-0.2, 0) is 20.6 Å². The van der Waals surface area contributed by atoms with E-state index < -0.39 is 11.5 Å². The zero-order valence-corrected chi connectivity index (χ0v) is 18.5. The van der Waals surface area contributed by atoms with Crippen LogP contribution in [0.25, 0.3) is 0 Å². The summed E-state index contributed by atoms with van der Waals surface area (Å²) in [7, 11) is 0. The molecular weight excluding hydrogens is 378 g/mol. The highest BCUT2D eigenvalue weighted by Crippen LogP contribution is 2.43. The van der Waals surface area contributed by atoms with Gasteiger partial charge in [0, 0.05) is 18.5 Å². The number of rotatable bonds is 7. The Labute approximate surface area is 178 Å². The number of fused-ring (bicyclic) bond motifs is 1. The Balaban J connectivity index is 1.66. The van der Waals surface area contributed by atoms with Crippen LogP contribution in [0, 0.1) is 6.92 Å². The summed E-state index contributed by atoms with van der Waals surface area (Å²) in [6, 6.07) is 13.6. The molecule has 1 unspecified atom stereocenters. The molecule has 3 rings (SSSR count). The number of Topliss-reactive ketones (excluding diaryl/α,β-unsaturated/α-hetero) is 1. The third-order valence-electron chi connectivity index (χ3n) is 5.51. The number of ether oxygens (including phenoxy) is 1. The summed E-state index contributed by atoms with van der Waals surface area (Å²) in [6.45, 7) is 10.7. The predicted octanol–water partition coefficient (Wildman–Crippen LogP) is 4.27. The average molecular weight is 410 g/mol. The van der Waals surface area contributed by atoms with Crippen LogP contribution < -0.4 is 9.64 Å². The van der Waals surface area contributed by atoms with Gasteiger partial charge < -0.3 is 14.7 Å². The fourth-order valence-electron chi connectivity index (χ4n) is 3.88. The zero-order valence-electron chi connectivity index (χ0n) is 18.5. The molecule has 0 radical (unpaired) electrons. The lowest BCUT2D eigenvalue weighted by molar-refractivity contribution is -0.141. The van der Waals surface area contributed by atoms with Crippen molar-refractivity contribution in [2.24, 2.45) is 0 Å². The zero-order chi connectivity index (χ0) is 22.1. The molecule has 1 heterocycles. The molecule has 5 heteroatoms. The largest absolute Gasteiger partial charge is 0.494 e. The Bertz CT molecular complexity index is 943. The van der Waals surface area contributed by atoms with Crippen LogP contribution in [0.3, 0.4) is 0 Å². The van der Waals surface area contributed by atoms with Crippen molar-refractivity contribution in [2.75, 3.05) is 18.1 Å². The smallest absolute Gasteiger partial charge is 0.264 e. The number of carbonyl (C=O) groups is 2. The van der Waals surface area contributed by atoms with Gasteiger partial charge in [-0.15, -0.1) is 0 Å². The lowest BCUT2D eigenvalue weighted by Gasteiger charge is -2.22. The molecule has 2 aromatic carbocycles. The standard InChI is InChI=1S/C25H31NO4/c1-17-7-12-22-21(15-17)25(29,16-18(2)27)23(28)26(22)13-6-14-30-20-10-8-19(9-11-20)24(3,4)5/h7-12,15,29H,6,13-14,16H2,1-5H3. The van der Waals surface area contributed by atoms with Crippen molar-refractivity contribution in [2.45, 2.75) is 58.5 Å². The minimum absolute atomic E-state index is 0.0943. The predicted molar refractivity (Wildman–Crippen MR) is 118 cm³/mol. The van der Waals surface area contributed by atoms with Crippen molar-refractivity contribution in [1.82, 2.24) is 0 Å². The van der Waals surface area contributed by atoms with Crippen molar-refractivity contribution in [3.8, 4) is 5.75 Å². The number of ketones is 1. The van der Waals surface area contributed by atoms with Crippen LogP contribution in [0.1, 0.15) is 57.2 Å². The molecule has 1 aliphatic rings. The molecule has 30 heavy (non-hydrogen) atoms. The lowest BCUT2D eigenvalue weighted by Crippen LogP contribution is -2.42. The second-order valence-corrected chi connectivity index (χ2v) is 9.19. The highest BCUT2D eigenvalue weighted by Gasteiger charge is 2.50. The van der Waals surface area contributed by atoms with Gasteiger partial charge in [0.1, 0.15) is 11.5 Å². The maximum absolute atomic E-state index is 13.0. The number of amides is 1. The fourth-order valence-corrected chi connectivity index (χ4v) is 3.88. The number of nitrogens with zero attached hydrogens (tertiary/aromatic N) is 1. The number of benzene rings is 2. The molecule has 2 aromatic rings. The van der Waals surface area contributed by atoms with Crippen molar-refractivity contribution in [3.05, 3.63) is 59.2 Å². The van der Waals surface area contributed by atoms with Gasteiger partial charge in [0.05, 0.1) is 12.3 Å². The molecule has 0 aliphatic carbocycles. The van der Waals surface area contributed by atoms with E-state index >= 15 is 0 Å². The van der Waals surface area contributed by atoms with Crippen molar-refractivity contribution < 1.29 is 19.4 Å². The van der Waals surface area contributed by atoms with Crippen LogP contribution in [0.5, 0.6) is 5.75 Å². The third kappa shape index (κ3) is 4.41. The van der Waals surface area contributed by atoms with Crippen LogP contribution in [0.4, 0.5) is 5.69 Å². The van der Waals surface area contributed by atoms with Gasteiger partial charge in [-0.1, -0.05) is 50.6 Å². The first-order chi connectivity index (χ1) is 14.0. The SMILES string of the molecule is CC(=O)CC1(O)C(=O)N(CCCOc2ccc(C(C)(C)C)cc2)c2ccc(C)cc21. The average Bonchev–Trinajstić information content (AvgIpc) is 2.85. The van der Waals surface area contributed by atoms with Crippen LogP contribution in [0.15, 0.2) is 42.5 Å². The quantitative estimate of drug-likeness (QED) is 0.694. The van der Waals surface area contributed by atoms with Crippen LogP contribution in [0.2, 0.25) is 0 Å². The Morgan fingerprint density at radius 2 is 1.80 bits per heavy atom. The maximum Gasteiger partial charge on any atom is 0.264 e. The summed E-state index contributed by atoms with van der Waals surface area (Å²) in [5.74, 6) is 0.134. The number of aryl methyl sites for hydroxylation is 1. The van der Waals surface area contributed by atoms with Gasteiger partial charge in [-0.2, -0.15) is 0 Å². The molecule has 0 fully saturated rings. The van der Waals surface area contributed by atoms with E-state index in [0.29, 0.717) is 30.8 Å². The number of aliphatic hydroxyl groups is 1. The first kappa shape index (κ1) is 22.0. The number of hydrogen-bond donors (Lipinski definition) is 1. The Morgan fingerprint density at radius 1 is 1.13 bits per heavy atom. The van der Waals surface area contributed by atoms with Gasteiger partial charge in [0.25, 0.3) is 5.91 Å². The molecule has 0 spiro atoms. The summed E-state index contributed by atoms with van der Waals surface area (Å²) in [5.41, 5.74) is 1.68. The van der Waals surface area contributed by atoms with E-state index in [1.807, 2.05) is 31.2 Å². The van der Waals surface area contributed by atoms with Gasteiger partial charge in [-0.25, -0.2) is 0 Å². The minimum atomic E-state index is -1.78. The Hall–Kier alpha value is -2.66. The summed E-state index contributed by atoms with van der Waals surface area (Å²) < 4.78 is 5.84. The lowest BCUT2D eigenvalue weighted by atomic mass is 9.87. The molecule has 0 aromatic heterocycles. The molecule has 0 saturated carbocycles. The van der Waals surface area contributed by atoms with Crippen molar-refractivity contribution in [3.63, 3.8) is 0 Å². The van der Waals surface area contributed by atoms with E-state index in [-0.39, 0.29) is 17.6 Å². The molecule has 0 saturated heterocycles. The number of anilines is 1. The number of hydrogen-bond acceptors (Lipinski definition) is 4. The van der Waals surface area contributed by atoms with Crippen molar-refractivity contribution >= 4 is 17.4 Å². The van der Waals surface area contributed by atoms with Crippen LogP contribution in [-0.4, -0.2) is 29.9 Å². The highest BCUT2D eigenvalue weighted by atomic mass is 16.5. The van der Waals surface area contributed by atoms with Crippen LogP contribution >= 0.6 is 0 Å². The van der Waals surface area contributed by atoms with Gasteiger partial charge in [0.2, 0.25) is 0 Å². The summed E-state index contributed by atoms with van der Waals surface area (Å²) in [4.78, 5) is 26.3. The van der Waals surface area contributed by atoms with E-state index in [0.717, 1.165) is 11.3 Å². The molecule has 1 N–H and O–H groups in total. The highest BCUT2D eigenvalue weighted by molar-refractivity contribution is 6.08. The van der Waals surface area contributed by atoms with E-state index in [9.17, 15) is 14.7 Å².